The van der Waals surface area contributed by atoms with Gasteiger partial charge in [-0.25, -0.2) is 4.98 Å². The van der Waals surface area contributed by atoms with Crippen LogP contribution in [0, 0.1) is 0 Å². The average molecular weight is 376 g/mol. The third-order valence-electron chi connectivity index (χ3n) is 5.19. The van der Waals surface area contributed by atoms with Gasteiger partial charge >= 0.3 is 0 Å². The van der Waals surface area contributed by atoms with E-state index in [9.17, 15) is 9.59 Å². The van der Waals surface area contributed by atoms with E-state index in [1.165, 1.54) is 0 Å². The number of aromatic nitrogens is 2. The van der Waals surface area contributed by atoms with E-state index >= 15 is 0 Å². The molecule has 2 N–H and O–H groups in total. The van der Waals surface area contributed by atoms with Gasteiger partial charge in [0.05, 0.1) is 17.1 Å². The fourth-order valence-electron chi connectivity index (χ4n) is 3.81. The molecule has 2 heterocycles. The van der Waals surface area contributed by atoms with Crippen LogP contribution in [0.15, 0.2) is 54.6 Å². The Morgan fingerprint density at radius 3 is 2.71 bits per heavy atom. The fraction of sp³-hybridized carbons (Fsp3) is 0.318. The molecule has 1 aliphatic rings. The van der Waals surface area contributed by atoms with Gasteiger partial charge in [0.25, 0.3) is 5.91 Å². The van der Waals surface area contributed by atoms with E-state index in [0.717, 1.165) is 36.2 Å². The Hall–Kier alpha value is -3.15. The van der Waals surface area contributed by atoms with E-state index in [2.05, 4.69) is 15.3 Å². The highest BCUT2D eigenvalue weighted by Crippen LogP contribution is 2.32. The van der Waals surface area contributed by atoms with Crippen molar-refractivity contribution in [2.24, 2.45) is 0 Å². The number of benzene rings is 2. The number of carbonyl (C=O) groups is 2. The number of fused-ring (bicyclic) bond motifs is 1. The van der Waals surface area contributed by atoms with Crippen molar-refractivity contribution >= 4 is 22.8 Å². The fourth-order valence-corrected chi connectivity index (χ4v) is 3.81. The van der Waals surface area contributed by atoms with Crippen molar-refractivity contribution in [3.05, 3.63) is 66.0 Å². The van der Waals surface area contributed by atoms with Gasteiger partial charge in [0.15, 0.2) is 0 Å². The number of carbonyl (C=O) groups excluding carboxylic acids is 2. The lowest BCUT2D eigenvalue weighted by molar-refractivity contribution is -0.132. The Morgan fingerprint density at radius 1 is 1.18 bits per heavy atom. The highest BCUT2D eigenvalue weighted by Gasteiger charge is 2.32. The van der Waals surface area contributed by atoms with Crippen LogP contribution in [0.5, 0.6) is 0 Å². The normalized spacial score (nSPS) is 17.6. The van der Waals surface area contributed by atoms with E-state index in [1.54, 1.807) is 12.1 Å². The standard InChI is InChI=1S/C22H24N4O2/c1-15(23-22(28)16-8-3-2-4-9-16)14-20(27)26-13-7-12-19(26)21-24-17-10-5-6-11-18(17)25-21/h2-6,8-11,15,19H,7,12-14H2,1H3,(H,23,28)(H,24,25). The molecule has 2 atom stereocenters. The molecular formula is C22H24N4O2. The molecule has 0 spiro atoms. The number of imidazole rings is 1. The maximum atomic E-state index is 12.9. The summed E-state index contributed by atoms with van der Waals surface area (Å²) in [5.41, 5.74) is 2.50. The summed E-state index contributed by atoms with van der Waals surface area (Å²) in [4.78, 5) is 35.1. The highest BCUT2D eigenvalue weighted by molar-refractivity contribution is 5.94. The highest BCUT2D eigenvalue weighted by atomic mass is 16.2. The van der Waals surface area contributed by atoms with E-state index in [4.69, 9.17) is 0 Å². The molecule has 4 rings (SSSR count). The zero-order valence-electron chi connectivity index (χ0n) is 15.9. The molecule has 1 aromatic heterocycles. The van der Waals surface area contributed by atoms with Gasteiger partial charge in [0, 0.05) is 24.6 Å². The summed E-state index contributed by atoms with van der Waals surface area (Å²) in [6.45, 7) is 2.59. The molecule has 6 nitrogen and oxygen atoms in total. The Labute approximate surface area is 164 Å². The Bertz CT molecular complexity index is 949. The minimum Gasteiger partial charge on any atom is -0.349 e. The van der Waals surface area contributed by atoms with Crippen molar-refractivity contribution in [3.63, 3.8) is 0 Å². The van der Waals surface area contributed by atoms with Gasteiger partial charge in [0.1, 0.15) is 5.82 Å². The summed E-state index contributed by atoms with van der Waals surface area (Å²) in [6, 6.07) is 16.7. The molecule has 144 valence electrons. The number of nitrogens with zero attached hydrogens (tertiary/aromatic N) is 2. The third kappa shape index (κ3) is 3.76. The minimum absolute atomic E-state index is 0.0306. The van der Waals surface area contributed by atoms with E-state index in [-0.39, 0.29) is 30.3 Å². The number of amides is 2. The number of aromatic amines is 1. The summed E-state index contributed by atoms with van der Waals surface area (Å²) < 4.78 is 0. The molecule has 1 saturated heterocycles. The van der Waals surface area contributed by atoms with E-state index in [0.29, 0.717) is 5.56 Å². The van der Waals surface area contributed by atoms with Gasteiger partial charge in [-0.15, -0.1) is 0 Å². The molecule has 1 fully saturated rings. The van der Waals surface area contributed by atoms with Gasteiger partial charge in [-0.05, 0) is 44.0 Å². The second-order valence-electron chi connectivity index (χ2n) is 7.33. The van der Waals surface area contributed by atoms with Crippen LogP contribution in [-0.4, -0.2) is 39.3 Å². The quantitative estimate of drug-likeness (QED) is 0.716. The van der Waals surface area contributed by atoms with Crippen molar-refractivity contribution in [3.8, 4) is 0 Å². The molecule has 0 bridgehead atoms. The maximum absolute atomic E-state index is 12.9. The van der Waals surface area contributed by atoms with Crippen molar-refractivity contribution < 1.29 is 9.59 Å². The number of likely N-dealkylation sites (tertiary alicyclic amines) is 1. The SMILES string of the molecule is CC(CC(=O)N1CCCC1c1nc2ccccc2[nH]1)NC(=O)c1ccccc1. The van der Waals surface area contributed by atoms with Crippen molar-refractivity contribution in [1.82, 2.24) is 20.2 Å². The predicted octanol–water partition coefficient (Wildman–Crippen LogP) is 3.44. The van der Waals surface area contributed by atoms with Crippen LogP contribution in [0.25, 0.3) is 11.0 Å². The van der Waals surface area contributed by atoms with Crippen molar-refractivity contribution in [2.45, 2.75) is 38.3 Å². The smallest absolute Gasteiger partial charge is 0.251 e. The lowest BCUT2D eigenvalue weighted by Crippen LogP contribution is -2.39. The van der Waals surface area contributed by atoms with Gasteiger partial charge in [-0.3, -0.25) is 9.59 Å². The van der Waals surface area contributed by atoms with Gasteiger partial charge in [-0.1, -0.05) is 30.3 Å². The molecule has 0 radical (unpaired) electrons. The summed E-state index contributed by atoms with van der Waals surface area (Å²) in [5.74, 6) is 0.730. The van der Waals surface area contributed by atoms with Crippen LogP contribution >= 0.6 is 0 Å². The van der Waals surface area contributed by atoms with Crippen molar-refractivity contribution in [2.75, 3.05) is 6.54 Å². The Kier molecular flexibility index (Phi) is 5.10. The Balaban J connectivity index is 1.41. The van der Waals surface area contributed by atoms with Crippen LogP contribution < -0.4 is 5.32 Å². The molecule has 2 amide bonds. The monoisotopic (exact) mass is 376 g/mol. The third-order valence-corrected chi connectivity index (χ3v) is 5.19. The van der Waals surface area contributed by atoms with Crippen LogP contribution in [-0.2, 0) is 4.79 Å². The van der Waals surface area contributed by atoms with Crippen LogP contribution in [0.1, 0.15) is 48.4 Å². The Morgan fingerprint density at radius 2 is 1.93 bits per heavy atom. The second-order valence-corrected chi connectivity index (χ2v) is 7.33. The molecule has 2 aromatic carbocycles. The number of para-hydroxylation sites is 2. The molecular weight excluding hydrogens is 352 g/mol. The summed E-state index contributed by atoms with van der Waals surface area (Å²) in [5, 5.41) is 2.92. The molecule has 2 unspecified atom stereocenters. The van der Waals surface area contributed by atoms with Crippen molar-refractivity contribution in [1.29, 1.82) is 0 Å². The van der Waals surface area contributed by atoms with Crippen LogP contribution in [0.4, 0.5) is 0 Å². The maximum Gasteiger partial charge on any atom is 0.251 e. The number of H-pyrrole nitrogens is 1. The molecule has 0 aliphatic carbocycles. The summed E-state index contributed by atoms with van der Waals surface area (Å²) >= 11 is 0. The predicted molar refractivity (Wildman–Crippen MR) is 108 cm³/mol. The lowest BCUT2D eigenvalue weighted by Gasteiger charge is -2.25. The van der Waals surface area contributed by atoms with Crippen LogP contribution in [0.3, 0.4) is 0 Å². The minimum atomic E-state index is -0.239. The van der Waals surface area contributed by atoms with E-state index in [1.807, 2.05) is 54.3 Å². The molecule has 1 aliphatic heterocycles. The first-order chi connectivity index (χ1) is 13.6. The summed E-state index contributed by atoms with van der Waals surface area (Å²) in [6.07, 6.45) is 2.13. The zero-order chi connectivity index (χ0) is 19.5. The first-order valence-electron chi connectivity index (χ1n) is 9.72. The average Bonchev–Trinajstić information content (AvgIpc) is 3.35. The number of hydrogen-bond acceptors (Lipinski definition) is 3. The first kappa shape index (κ1) is 18.2. The van der Waals surface area contributed by atoms with Gasteiger partial charge in [-0.2, -0.15) is 0 Å². The topological polar surface area (TPSA) is 78.1 Å². The van der Waals surface area contributed by atoms with E-state index < -0.39 is 0 Å². The van der Waals surface area contributed by atoms with Gasteiger partial charge in [0.2, 0.25) is 5.91 Å². The molecule has 6 heteroatoms. The first-order valence-corrected chi connectivity index (χ1v) is 9.72. The lowest BCUT2D eigenvalue weighted by atomic mass is 10.1. The largest absolute Gasteiger partial charge is 0.349 e. The number of rotatable bonds is 5. The van der Waals surface area contributed by atoms with Crippen LogP contribution in [0.2, 0.25) is 0 Å². The van der Waals surface area contributed by atoms with Gasteiger partial charge < -0.3 is 15.2 Å². The molecule has 28 heavy (non-hydrogen) atoms. The molecule has 0 saturated carbocycles. The number of nitrogens with one attached hydrogen (secondary N) is 2. The zero-order valence-corrected chi connectivity index (χ0v) is 15.9. The second kappa shape index (κ2) is 7.84. The summed E-state index contributed by atoms with van der Waals surface area (Å²) in [7, 11) is 0. The number of hydrogen-bond donors (Lipinski definition) is 2. The molecule has 3 aromatic rings.